The molecule has 0 radical (unpaired) electrons. The van der Waals surface area contributed by atoms with Crippen LogP contribution in [0.5, 0.6) is 0 Å². The van der Waals surface area contributed by atoms with Gasteiger partial charge in [0.15, 0.2) is 10.8 Å². The van der Waals surface area contributed by atoms with E-state index >= 15 is 0 Å². The van der Waals surface area contributed by atoms with E-state index in [-0.39, 0.29) is 16.3 Å². The van der Waals surface area contributed by atoms with Crippen molar-refractivity contribution in [1.29, 1.82) is 0 Å². The summed E-state index contributed by atoms with van der Waals surface area (Å²) in [6.07, 6.45) is 1.55. The number of fused-ring (bicyclic) bond motifs is 1. The van der Waals surface area contributed by atoms with Crippen molar-refractivity contribution in [1.82, 2.24) is 19.5 Å². The average molecular weight is 437 g/mol. The topological polar surface area (TPSA) is 43.6 Å². The van der Waals surface area contributed by atoms with Crippen LogP contribution >= 0.6 is 43.9 Å². The maximum Gasteiger partial charge on any atom is 0.225 e. The normalized spacial score (nSPS) is 11.2. The Labute approximate surface area is 139 Å². The molecule has 21 heavy (non-hydrogen) atoms. The van der Waals surface area contributed by atoms with Gasteiger partial charge < -0.3 is 4.57 Å². The number of hydrogen-bond acceptors (Lipinski definition) is 3. The number of hydrogen-bond donors (Lipinski definition) is 0. The number of benzene rings is 1. The SMILES string of the molecule is C=Ic1cccc(F)c1Cn1cnc2c(Cl)nc(Cl)nc21. The Morgan fingerprint density at radius 3 is 2.86 bits per heavy atom. The molecule has 0 aliphatic rings. The third kappa shape index (κ3) is 2.79. The molecule has 0 saturated heterocycles. The molecular weight excluding hydrogens is 429 g/mol. The molecule has 2 heterocycles. The second kappa shape index (κ2) is 5.94. The third-order valence-electron chi connectivity index (χ3n) is 2.93. The largest absolute Gasteiger partial charge is 0.310 e. The van der Waals surface area contributed by atoms with Gasteiger partial charge in [0.25, 0.3) is 0 Å². The predicted molar refractivity (Wildman–Crippen MR) is 90.7 cm³/mol. The van der Waals surface area contributed by atoms with E-state index in [1.807, 2.05) is 6.07 Å². The van der Waals surface area contributed by atoms with Gasteiger partial charge in [-0.2, -0.15) is 4.98 Å². The molecule has 108 valence electrons. The highest BCUT2D eigenvalue weighted by Gasteiger charge is 2.14. The van der Waals surface area contributed by atoms with Crippen molar-refractivity contribution in [3.63, 3.8) is 0 Å². The fourth-order valence-electron chi connectivity index (χ4n) is 1.98. The van der Waals surface area contributed by atoms with Gasteiger partial charge in [-0.3, -0.25) is 0 Å². The molecule has 0 aliphatic carbocycles. The summed E-state index contributed by atoms with van der Waals surface area (Å²) in [4.78, 5) is 12.1. The number of halogens is 4. The Morgan fingerprint density at radius 2 is 2.10 bits per heavy atom. The van der Waals surface area contributed by atoms with Gasteiger partial charge in [-0.1, -0.05) is 42.9 Å². The maximum atomic E-state index is 14.1. The first kappa shape index (κ1) is 14.8. The minimum absolute atomic E-state index is 0.0348. The molecule has 8 heteroatoms. The van der Waals surface area contributed by atoms with Gasteiger partial charge in [0.05, 0.1) is 12.9 Å². The summed E-state index contributed by atoms with van der Waals surface area (Å²) in [6.45, 7) is 0.303. The molecule has 0 aliphatic heterocycles. The van der Waals surface area contributed by atoms with E-state index in [9.17, 15) is 4.39 Å². The van der Waals surface area contributed by atoms with Crippen LogP contribution in [0.2, 0.25) is 10.4 Å². The summed E-state index contributed by atoms with van der Waals surface area (Å²) in [5.74, 6) is -0.260. The van der Waals surface area contributed by atoms with Crippen LogP contribution in [-0.2, 0) is 6.54 Å². The molecule has 0 amide bonds. The summed E-state index contributed by atoms with van der Waals surface area (Å²) >= 11 is 11.3. The molecule has 3 rings (SSSR count). The summed E-state index contributed by atoms with van der Waals surface area (Å²) in [5.41, 5.74) is 1.53. The minimum Gasteiger partial charge on any atom is -0.310 e. The first-order valence-corrected chi connectivity index (χ1v) is 9.16. The summed E-state index contributed by atoms with van der Waals surface area (Å²) in [5, 5.41) is 0.217. The zero-order valence-corrected chi connectivity index (χ0v) is 14.2. The number of aromatic nitrogens is 4. The van der Waals surface area contributed by atoms with Crippen molar-refractivity contribution in [2.45, 2.75) is 6.54 Å². The Balaban J connectivity index is 2.13. The van der Waals surface area contributed by atoms with Crippen LogP contribution in [0.1, 0.15) is 5.56 Å². The van der Waals surface area contributed by atoms with E-state index in [1.165, 1.54) is 6.07 Å². The Kier molecular flexibility index (Phi) is 4.19. The number of imidazole rings is 1. The van der Waals surface area contributed by atoms with Crippen LogP contribution in [0.25, 0.3) is 11.2 Å². The molecule has 0 spiro atoms. The van der Waals surface area contributed by atoms with Crippen molar-refractivity contribution in [2.75, 3.05) is 0 Å². The van der Waals surface area contributed by atoms with Crippen LogP contribution in [0.4, 0.5) is 4.39 Å². The zero-order valence-electron chi connectivity index (χ0n) is 10.5. The van der Waals surface area contributed by atoms with Crippen LogP contribution in [-0.4, -0.2) is 24.0 Å². The number of nitrogens with zero attached hydrogens (tertiary/aromatic N) is 4. The lowest BCUT2D eigenvalue weighted by Crippen LogP contribution is -2.04. The van der Waals surface area contributed by atoms with Crippen molar-refractivity contribution in [2.24, 2.45) is 0 Å². The van der Waals surface area contributed by atoms with E-state index < -0.39 is 20.7 Å². The molecule has 3 aromatic rings. The van der Waals surface area contributed by atoms with Crippen LogP contribution in [0.15, 0.2) is 24.5 Å². The lowest BCUT2D eigenvalue weighted by Gasteiger charge is -2.08. The van der Waals surface area contributed by atoms with E-state index in [1.54, 1.807) is 17.0 Å². The summed E-state index contributed by atoms with van der Waals surface area (Å²) < 4.78 is 20.6. The van der Waals surface area contributed by atoms with Gasteiger partial charge in [-0.15, -0.1) is 0 Å². The Hall–Kier alpha value is -1.12. The molecule has 0 fully saturated rings. The summed E-state index contributed by atoms with van der Waals surface area (Å²) in [7, 11) is 0. The molecule has 0 unspecified atom stereocenters. The second-order valence-electron chi connectivity index (χ2n) is 4.16. The first-order valence-electron chi connectivity index (χ1n) is 5.80. The Bertz CT molecular complexity index is 850. The maximum absolute atomic E-state index is 14.1. The molecule has 0 saturated carbocycles. The predicted octanol–water partition coefficient (Wildman–Crippen LogP) is 3.89. The highest BCUT2D eigenvalue weighted by atomic mass is 127. The van der Waals surface area contributed by atoms with Crippen molar-refractivity contribution >= 4 is 59.6 Å². The van der Waals surface area contributed by atoms with Crippen molar-refractivity contribution in [3.05, 3.63) is 49.9 Å². The minimum atomic E-state index is -0.478. The van der Waals surface area contributed by atoms with E-state index in [4.69, 9.17) is 23.2 Å². The fraction of sp³-hybridized carbons (Fsp3) is 0.0769. The second-order valence-corrected chi connectivity index (χ2v) is 6.78. The van der Waals surface area contributed by atoms with Crippen molar-refractivity contribution in [3.8, 4) is 0 Å². The smallest absolute Gasteiger partial charge is 0.225 e. The van der Waals surface area contributed by atoms with Gasteiger partial charge >= 0.3 is 0 Å². The quantitative estimate of drug-likeness (QED) is 0.355. The van der Waals surface area contributed by atoms with Gasteiger partial charge in [0.1, 0.15) is 11.3 Å². The van der Waals surface area contributed by atoms with Crippen LogP contribution in [0.3, 0.4) is 0 Å². The fourth-order valence-corrected chi connectivity index (χ4v) is 3.75. The van der Waals surface area contributed by atoms with Crippen LogP contribution < -0.4 is 0 Å². The average Bonchev–Trinajstić information content (AvgIpc) is 2.84. The molecule has 0 bridgehead atoms. The van der Waals surface area contributed by atoms with Gasteiger partial charge in [0.2, 0.25) is 5.28 Å². The van der Waals surface area contributed by atoms with Gasteiger partial charge in [0, 0.05) is 9.13 Å². The lowest BCUT2D eigenvalue weighted by atomic mass is 10.2. The number of rotatable bonds is 3. The molecule has 0 atom stereocenters. The monoisotopic (exact) mass is 436 g/mol. The Morgan fingerprint density at radius 1 is 1.29 bits per heavy atom. The van der Waals surface area contributed by atoms with Gasteiger partial charge in [-0.05, 0) is 23.7 Å². The third-order valence-corrected chi connectivity index (χ3v) is 5.19. The molecule has 0 N–H and O–H groups in total. The van der Waals surface area contributed by atoms with E-state index in [0.717, 1.165) is 3.57 Å². The van der Waals surface area contributed by atoms with Crippen LogP contribution in [0, 0.1) is 9.39 Å². The zero-order chi connectivity index (χ0) is 15.0. The molecule has 2 aromatic heterocycles. The first-order chi connectivity index (χ1) is 10.1. The lowest BCUT2D eigenvalue weighted by molar-refractivity contribution is 0.599. The van der Waals surface area contributed by atoms with E-state index in [0.29, 0.717) is 23.3 Å². The highest BCUT2D eigenvalue weighted by Crippen LogP contribution is 2.24. The standard InChI is InChI=1S/C13H8Cl2FIN4/c1-17-9-4-2-3-8(16)7(9)5-21-6-18-10-11(14)19-13(15)20-12(10)21/h2-4,6H,1,5H2. The van der Waals surface area contributed by atoms with Crippen molar-refractivity contribution < 1.29 is 4.39 Å². The van der Waals surface area contributed by atoms with E-state index in [2.05, 4.69) is 19.5 Å². The molecule has 1 aromatic carbocycles. The molecular formula is C13H8Cl2FIN4. The van der Waals surface area contributed by atoms with Gasteiger partial charge in [-0.25, -0.2) is 14.4 Å². The summed E-state index contributed by atoms with van der Waals surface area (Å²) in [6, 6.07) is 5.03. The highest BCUT2D eigenvalue weighted by molar-refractivity contribution is 14.2. The molecule has 4 nitrogen and oxygen atoms in total.